The van der Waals surface area contributed by atoms with Crippen molar-refractivity contribution in [1.82, 2.24) is 10.2 Å². The lowest BCUT2D eigenvalue weighted by Gasteiger charge is -2.36. The van der Waals surface area contributed by atoms with Crippen molar-refractivity contribution >= 4 is 34.9 Å². The van der Waals surface area contributed by atoms with Crippen molar-refractivity contribution in [2.24, 2.45) is 0 Å². The molecule has 2 N–H and O–H groups in total. The summed E-state index contributed by atoms with van der Waals surface area (Å²) < 4.78 is 0. The van der Waals surface area contributed by atoms with Crippen molar-refractivity contribution in [3.05, 3.63) is 64.2 Å². The first-order valence-electron chi connectivity index (χ1n) is 10.2. The molecule has 2 aromatic rings. The molecule has 4 rings (SSSR count). The minimum Gasteiger partial charge on any atom is -0.333 e. The Morgan fingerprint density at radius 2 is 1.83 bits per heavy atom. The number of nitrogens with one attached hydrogen (secondary N) is 2. The molecule has 0 aromatic heterocycles. The average molecular weight is 426 g/mol. The van der Waals surface area contributed by atoms with Gasteiger partial charge >= 0.3 is 0 Å². The van der Waals surface area contributed by atoms with Crippen LogP contribution in [-0.4, -0.2) is 48.2 Å². The van der Waals surface area contributed by atoms with Crippen LogP contribution in [-0.2, 0) is 11.2 Å². The van der Waals surface area contributed by atoms with E-state index in [4.69, 9.17) is 11.6 Å². The molecular formula is C23H24ClN3O3. The summed E-state index contributed by atoms with van der Waals surface area (Å²) in [6.07, 6.45) is 2.05. The van der Waals surface area contributed by atoms with E-state index in [0.717, 1.165) is 17.8 Å². The molecule has 7 heteroatoms. The maximum atomic E-state index is 13.2. The summed E-state index contributed by atoms with van der Waals surface area (Å²) in [4.78, 5) is 39.2. The molecule has 30 heavy (non-hydrogen) atoms. The Hall–Kier alpha value is -2.70. The second-order valence-electron chi connectivity index (χ2n) is 7.75. The molecule has 1 unspecified atom stereocenters. The Balaban J connectivity index is 1.44. The fraction of sp³-hybridized carbons (Fsp3) is 0.348. The number of piperazine rings is 1. The standard InChI is InChI=1S/C23H24ClN3O3/c24-18-5-1-15(2-6-18)21(28)9-7-19-14-25-11-12-27(19)23(30)17-3-8-20-16(13-17)4-10-22(29)26-20/h1-3,5-6,8,13,19,25H,4,7,9-12,14H2,(H,26,29). The number of rotatable bonds is 5. The van der Waals surface area contributed by atoms with E-state index in [0.29, 0.717) is 54.9 Å². The molecule has 1 atom stereocenters. The molecular weight excluding hydrogens is 402 g/mol. The van der Waals surface area contributed by atoms with Crippen LogP contribution in [0.1, 0.15) is 45.5 Å². The predicted molar refractivity (Wildman–Crippen MR) is 116 cm³/mol. The van der Waals surface area contributed by atoms with Crippen molar-refractivity contribution in [2.75, 3.05) is 25.0 Å². The zero-order chi connectivity index (χ0) is 21.1. The van der Waals surface area contributed by atoms with Crippen LogP contribution < -0.4 is 10.6 Å². The monoisotopic (exact) mass is 425 g/mol. The zero-order valence-corrected chi connectivity index (χ0v) is 17.4. The number of benzene rings is 2. The Labute approximate surface area is 180 Å². The minimum absolute atomic E-state index is 0.00843. The van der Waals surface area contributed by atoms with Crippen LogP contribution in [0.5, 0.6) is 0 Å². The number of Topliss-reactive ketones (excluding diaryl/α,β-unsaturated/α-hetero) is 1. The number of ketones is 1. The van der Waals surface area contributed by atoms with Gasteiger partial charge in [-0.25, -0.2) is 0 Å². The number of aryl methyl sites for hydroxylation is 1. The summed E-state index contributed by atoms with van der Waals surface area (Å²) in [6.45, 7) is 2.00. The summed E-state index contributed by atoms with van der Waals surface area (Å²) in [7, 11) is 0. The fourth-order valence-corrected chi connectivity index (χ4v) is 4.17. The van der Waals surface area contributed by atoms with Crippen LogP contribution in [0.25, 0.3) is 0 Å². The van der Waals surface area contributed by atoms with E-state index < -0.39 is 0 Å². The number of hydrogen-bond acceptors (Lipinski definition) is 4. The van der Waals surface area contributed by atoms with Crippen LogP contribution in [0.4, 0.5) is 5.69 Å². The minimum atomic E-state index is -0.0433. The molecule has 0 saturated carbocycles. The first-order chi connectivity index (χ1) is 14.5. The topological polar surface area (TPSA) is 78.5 Å². The van der Waals surface area contributed by atoms with Gasteiger partial charge in [-0.15, -0.1) is 0 Å². The Morgan fingerprint density at radius 1 is 1.07 bits per heavy atom. The van der Waals surface area contributed by atoms with Crippen LogP contribution in [0.3, 0.4) is 0 Å². The van der Waals surface area contributed by atoms with Crippen LogP contribution in [0.2, 0.25) is 5.02 Å². The number of carbonyl (C=O) groups excluding carboxylic acids is 3. The van der Waals surface area contributed by atoms with Crippen molar-refractivity contribution in [3.63, 3.8) is 0 Å². The van der Waals surface area contributed by atoms with E-state index >= 15 is 0 Å². The normalized spacial score (nSPS) is 18.5. The highest BCUT2D eigenvalue weighted by Gasteiger charge is 2.28. The maximum Gasteiger partial charge on any atom is 0.254 e. The van der Waals surface area contributed by atoms with Crippen molar-refractivity contribution < 1.29 is 14.4 Å². The van der Waals surface area contributed by atoms with Gasteiger partial charge in [0.25, 0.3) is 5.91 Å². The highest BCUT2D eigenvalue weighted by Crippen LogP contribution is 2.25. The van der Waals surface area contributed by atoms with E-state index in [9.17, 15) is 14.4 Å². The van der Waals surface area contributed by atoms with E-state index in [1.807, 2.05) is 11.0 Å². The third kappa shape index (κ3) is 4.55. The van der Waals surface area contributed by atoms with Crippen molar-refractivity contribution in [3.8, 4) is 0 Å². The second-order valence-corrected chi connectivity index (χ2v) is 8.18. The van der Waals surface area contributed by atoms with Gasteiger partial charge < -0.3 is 15.5 Å². The number of hydrogen-bond donors (Lipinski definition) is 2. The summed E-state index contributed by atoms with van der Waals surface area (Å²) in [5.41, 5.74) is 3.04. The predicted octanol–water partition coefficient (Wildman–Crippen LogP) is 3.30. The SMILES string of the molecule is O=C1CCc2cc(C(=O)N3CCNCC3CCC(=O)c3ccc(Cl)cc3)ccc2N1. The van der Waals surface area contributed by atoms with E-state index in [1.54, 1.807) is 36.4 Å². The zero-order valence-electron chi connectivity index (χ0n) is 16.6. The molecule has 0 aliphatic carbocycles. The van der Waals surface area contributed by atoms with E-state index in [1.165, 1.54) is 0 Å². The largest absolute Gasteiger partial charge is 0.333 e. The van der Waals surface area contributed by atoms with Gasteiger partial charge in [-0.2, -0.15) is 0 Å². The molecule has 2 aliphatic heterocycles. The maximum absolute atomic E-state index is 13.2. The molecule has 0 bridgehead atoms. The number of amides is 2. The number of carbonyl (C=O) groups is 3. The summed E-state index contributed by atoms with van der Waals surface area (Å²) in [6, 6.07) is 12.3. The first kappa shape index (κ1) is 20.6. The molecule has 156 valence electrons. The smallest absolute Gasteiger partial charge is 0.254 e. The highest BCUT2D eigenvalue weighted by molar-refractivity contribution is 6.30. The van der Waals surface area contributed by atoms with Crippen molar-refractivity contribution in [1.29, 1.82) is 0 Å². The molecule has 0 spiro atoms. The third-order valence-electron chi connectivity index (χ3n) is 5.73. The van der Waals surface area contributed by atoms with Gasteiger partial charge in [0.15, 0.2) is 5.78 Å². The molecule has 1 fully saturated rings. The lowest BCUT2D eigenvalue weighted by atomic mass is 9.98. The van der Waals surface area contributed by atoms with Gasteiger partial charge in [0.2, 0.25) is 5.91 Å². The molecule has 6 nitrogen and oxygen atoms in total. The summed E-state index contributed by atoms with van der Waals surface area (Å²) in [5, 5.41) is 6.77. The number of nitrogens with zero attached hydrogens (tertiary/aromatic N) is 1. The number of anilines is 1. The van der Waals surface area contributed by atoms with Crippen LogP contribution in [0, 0.1) is 0 Å². The van der Waals surface area contributed by atoms with Crippen molar-refractivity contribution in [2.45, 2.75) is 31.7 Å². The quantitative estimate of drug-likeness (QED) is 0.720. The molecule has 2 aliphatic rings. The Bertz CT molecular complexity index is 974. The van der Waals surface area contributed by atoms with E-state index in [2.05, 4.69) is 10.6 Å². The lowest BCUT2D eigenvalue weighted by Crippen LogP contribution is -2.53. The van der Waals surface area contributed by atoms with Gasteiger partial charge in [0.1, 0.15) is 0 Å². The van der Waals surface area contributed by atoms with Gasteiger partial charge in [-0.1, -0.05) is 11.6 Å². The first-order valence-corrected chi connectivity index (χ1v) is 10.6. The van der Waals surface area contributed by atoms with Crippen LogP contribution >= 0.6 is 11.6 Å². The van der Waals surface area contributed by atoms with Gasteiger partial charge in [0, 0.05) is 60.4 Å². The highest BCUT2D eigenvalue weighted by atomic mass is 35.5. The molecule has 0 radical (unpaired) electrons. The average Bonchev–Trinajstić information content (AvgIpc) is 2.77. The Kier molecular flexibility index (Phi) is 6.16. The van der Waals surface area contributed by atoms with Crippen LogP contribution in [0.15, 0.2) is 42.5 Å². The number of halogens is 1. The van der Waals surface area contributed by atoms with Gasteiger partial charge in [-0.05, 0) is 60.9 Å². The summed E-state index contributed by atoms with van der Waals surface area (Å²) >= 11 is 5.89. The second kappa shape index (κ2) is 8.98. The fourth-order valence-electron chi connectivity index (χ4n) is 4.05. The summed E-state index contributed by atoms with van der Waals surface area (Å²) in [5.74, 6) is 0.0309. The third-order valence-corrected chi connectivity index (χ3v) is 5.98. The Morgan fingerprint density at radius 3 is 2.63 bits per heavy atom. The molecule has 2 aromatic carbocycles. The molecule has 2 amide bonds. The molecule has 1 saturated heterocycles. The van der Waals surface area contributed by atoms with E-state index in [-0.39, 0.29) is 23.6 Å². The molecule has 2 heterocycles. The van der Waals surface area contributed by atoms with Gasteiger partial charge in [-0.3, -0.25) is 14.4 Å². The van der Waals surface area contributed by atoms with Gasteiger partial charge in [0.05, 0.1) is 0 Å². The number of fused-ring (bicyclic) bond motifs is 1. The lowest BCUT2D eigenvalue weighted by molar-refractivity contribution is -0.116.